The molecule has 0 radical (unpaired) electrons. The normalized spacial score (nSPS) is 12.2. The van der Waals surface area contributed by atoms with Crippen LogP contribution in [-0.2, 0) is 15.4 Å². The molecule has 0 atom stereocenters. The number of sulfonamides is 1. The van der Waals surface area contributed by atoms with Gasteiger partial charge in [0, 0.05) is 0 Å². The Kier molecular flexibility index (Phi) is 4.54. The second-order valence-electron chi connectivity index (χ2n) is 6.30. The van der Waals surface area contributed by atoms with Gasteiger partial charge in [0.15, 0.2) is 0 Å². The predicted octanol–water partition coefficient (Wildman–Crippen LogP) is 3.85. The van der Waals surface area contributed by atoms with Crippen LogP contribution in [0.1, 0.15) is 41.6 Å². The van der Waals surface area contributed by atoms with Gasteiger partial charge in [0.25, 0.3) is 10.0 Å². The van der Waals surface area contributed by atoms with Crippen LogP contribution < -0.4 is 4.72 Å². The maximum Gasteiger partial charge on any atom is 0.348 e. The lowest BCUT2D eigenvalue weighted by Gasteiger charge is -2.20. The van der Waals surface area contributed by atoms with E-state index in [-0.39, 0.29) is 20.9 Å². The molecule has 2 aromatic rings. The first-order chi connectivity index (χ1) is 10.5. The van der Waals surface area contributed by atoms with E-state index >= 15 is 0 Å². The molecule has 0 amide bonds. The molecule has 0 aliphatic rings. The van der Waals surface area contributed by atoms with Crippen molar-refractivity contribution in [1.29, 1.82) is 0 Å². The number of nitrogens with one attached hydrogen (secondary N) is 1. The molecule has 0 spiro atoms. The van der Waals surface area contributed by atoms with E-state index in [0.29, 0.717) is 5.56 Å². The number of hydrogen-bond donors (Lipinski definition) is 2. The molecule has 0 bridgehead atoms. The third kappa shape index (κ3) is 3.73. The van der Waals surface area contributed by atoms with Crippen LogP contribution in [0, 0.1) is 6.92 Å². The third-order valence-electron chi connectivity index (χ3n) is 3.43. The van der Waals surface area contributed by atoms with Gasteiger partial charge in [-0.15, -0.1) is 11.3 Å². The Balaban J connectivity index is 2.41. The number of hydrogen-bond acceptors (Lipinski definition) is 4. The molecular formula is C16H19NO4S2. The highest BCUT2D eigenvalue weighted by atomic mass is 32.2. The van der Waals surface area contributed by atoms with Crippen LogP contribution in [0.25, 0.3) is 0 Å². The summed E-state index contributed by atoms with van der Waals surface area (Å²) in [4.78, 5) is 11.2. The summed E-state index contributed by atoms with van der Waals surface area (Å²) >= 11 is 0.977. The van der Waals surface area contributed by atoms with E-state index in [4.69, 9.17) is 5.11 Å². The molecule has 2 N–H and O–H groups in total. The molecule has 1 heterocycles. The van der Waals surface area contributed by atoms with Crippen molar-refractivity contribution < 1.29 is 18.3 Å². The topological polar surface area (TPSA) is 83.5 Å². The molecule has 124 valence electrons. The lowest BCUT2D eigenvalue weighted by molar-refractivity contribution is 0.0703. The Bertz CT molecular complexity index is 845. The number of anilines is 1. The van der Waals surface area contributed by atoms with Crippen molar-refractivity contribution in [1.82, 2.24) is 0 Å². The Morgan fingerprint density at radius 2 is 1.87 bits per heavy atom. The van der Waals surface area contributed by atoms with Crippen LogP contribution in [0.4, 0.5) is 5.69 Å². The summed E-state index contributed by atoms with van der Waals surface area (Å²) in [5, 5.41) is 10.6. The number of carboxylic acid groups (broad SMARTS) is 1. The number of aryl methyl sites for hydroxylation is 1. The number of carbonyl (C=O) groups is 1. The summed E-state index contributed by atoms with van der Waals surface area (Å²) < 4.78 is 27.5. The van der Waals surface area contributed by atoms with Gasteiger partial charge < -0.3 is 5.11 Å². The van der Waals surface area contributed by atoms with Gasteiger partial charge >= 0.3 is 5.97 Å². The van der Waals surface area contributed by atoms with E-state index < -0.39 is 16.0 Å². The molecule has 1 aromatic heterocycles. The molecule has 0 fully saturated rings. The summed E-state index contributed by atoms with van der Waals surface area (Å²) in [5.41, 5.74) is 1.67. The van der Waals surface area contributed by atoms with Crippen molar-refractivity contribution in [2.24, 2.45) is 0 Å². The molecule has 0 saturated heterocycles. The predicted molar refractivity (Wildman–Crippen MR) is 92.0 cm³/mol. The quantitative estimate of drug-likeness (QED) is 0.874. The first kappa shape index (κ1) is 17.5. The van der Waals surface area contributed by atoms with Crippen molar-refractivity contribution in [2.45, 2.75) is 38.0 Å². The Morgan fingerprint density at radius 1 is 1.22 bits per heavy atom. The summed E-state index contributed by atoms with van der Waals surface area (Å²) in [6.07, 6.45) is 0. The van der Waals surface area contributed by atoms with Crippen molar-refractivity contribution >= 4 is 33.0 Å². The highest BCUT2D eigenvalue weighted by molar-refractivity contribution is 7.92. The van der Waals surface area contributed by atoms with E-state index in [2.05, 4.69) is 25.5 Å². The second-order valence-corrected chi connectivity index (χ2v) is 8.87. The van der Waals surface area contributed by atoms with Crippen LogP contribution in [0.15, 0.2) is 34.5 Å². The minimum atomic E-state index is -3.84. The van der Waals surface area contributed by atoms with Gasteiger partial charge in [-0.3, -0.25) is 4.72 Å². The smallest absolute Gasteiger partial charge is 0.348 e. The van der Waals surface area contributed by atoms with Crippen molar-refractivity contribution in [3.05, 3.63) is 45.6 Å². The molecule has 2 rings (SSSR count). The zero-order valence-corrected chi connectivity index (χ0v) is 15.0. The monoisotopic (exact) mass is 353 g/mol. The summed E-state index contributed by atoms with van der Waals surface area (Å²) in [6, 6.07) is 6.64. The van der Waals surface area contributed by atoms with Crippen LogP contribution in [0.3, 0.4) is 0 Å². The SMILES string of the molecule is Cc1cc(C(C)(C)C)ccc1S(=O)(=O)Nc1ccsc1C(=O)O. The van der Waals surface area contributed by atoms with E-state index in [1.54, 1.807) is 19.1 Å². The summed E-state index contributed by atoms with van der Waals surface area (Å²) in [6.45, 7) is 7.89. The van der Waals surface area contributed by atoms with Gasteiger partial charge in [-0.1, -0.05) is 32.9 Å². The van der Waals surface area contributed by atoms with Crippen molar-refractivity contribution in [3.63, 3.8) is 0 Å². The van der Waals surface area contributed by atoms with Gasteiger partial charge in [0.2, 0.25) is 0 Å². The molecule has 0 saturated carbocycles. The maximum absolute atomic E-state index is 12.6. The largest absolute Gasteiger partial charge is 0.477 e. The highest BCUT2D eigenvalue weighted by Crippen LogP contribution is 2.29. The molecular weight excluding hydrogens is 334 g/mol. The number of thiophene rings is 1. The third-order valence-corrected chi connectivity index (χ3v) is 5.86. The molecule has 1 aromatic carbocycles. The van der Waals surface area contributed by atoms with E-state index in [1.807, 2.05) is 6.07 Å². The number of rotatable bonds is 4. The molecule has 0 unspecified atom stereocenters. The number of carboxylic acids is 1. The van der Waals surface area contributed by atoms with Gasteiger partial charge in [0.05, 0.1) is 10.6 Å². The molecule has 0 aliphatic heterocycles. The standard InChI is InChI=1S/C16H19NO4S2/c1-10-9-11(16(2,3)4)5-6-13(10)23(20,21)17-12-7-8-22-14(12)15(18)19/h5-9,17H,1-4H3,(H,18,19). The van der Waals surface area contributed by atoms with E-state index in [9.17, 15) is 13.2 Å². The lowest BCUT2D eigenvalue weighted by Crippen LogP contribution is -2.17. The van der Waals surface area contributed by atoms with Crippen LogP contribution >= 0.6 is 11.3 Å². The highest BCUT2D eigenvalue weighted by Gasteiger charge is 2.23. The number of benzene rings is 1. The average Bonchev–Trinajstić information content (AvgIpc) is 2.84. The van der Waals surface area contributed by atoms with Gasteiger partial charge in [-0.05, 0) is 41.0 Å². The van der Waals surface area contributed by atoms with Crippen LogP contribution in [-0.4, -0.2) is 19.5 Å². The Hall–Kier alpha value is -1.86. The minimum Gasteiger partial charge on any atom is -0.477 e. The summed E-state index contributed by atoms with van der Waals surface area (Å²) in [5.74, 6) is -1.16. The second kappa shape index (κ2) is 5.98. The van der Waals surface area contributed by atoms with Crippen molar-refractivity contribution in [2.75, 3.05) is 4.72 Å². The Morgan fingerprint density at radius 3 is 2.39 bits per heavy atom. The van der Waals surface area contributed by atoms with Crippen LogP contribution in [0.2, 0.25) is 0 Å². The molecule has 5 nitrogen and oxygen atoms in total. The fourth-order valence-corrected chi connectivity index (χ4v) is 4.22. The van der Waals surface area contributed by atoms with Crippen LogP contribution in [0.5, 0.6) is 0 Å². The zero-order chi connectivity index (χ0) is 17.4. The van der Waals surface area contributed by atoms with Gasteiger partial charge in [0.1, 0.15) is 4.88 Å². The first-order valence-electron chi connectivity index (χ1n) is 6.97. The van der Waals surface area contributed by atoms with Gasteiger partial charge in [-0.2, -0.15) is 0 Å². The maximum atomic E-state index is 12.6. The fraction of sp³-hybridized carbons (Fsp3) is 0.312. The lowest BCUT2D eigenvalue weighted by atomic mass is 9.86. The van der Waals surface area contributed by atoms with E-state index in [1.165, 1.54) is 11.4 Å². The Labute approximate surface area is 140 Å². The number of aromatic carboxylic acids is 1. The van der Waals surface area contributed by atoms with E-state index in [0.717, 1.165) is 16.9 Å². The zero-order valence-electron chi connectivity index (χ0n) is 13.4. The van der Waals surface area contributed by atoms with Gasteiger partial charge in [-0.25, -0.2) is 13.2 Å². The molecule has 0 aliphatic carbocycles. The summed E-state index contributed by atoms with van der Waals surface area (Å²) in [7, 11) is -3.84. The van der Waals surface area contributed by atoms with Crippen molar-refractivity contribution in [3.8, 4) is 0 Å². The molecule has 23 heavy (non-hydrogen) atoms. The molecule has 7 heteroatoms. The minimum absolute atomic E-state index is 0.0301. The fourth-order valence-electron chi connectivity index (χ4n) is 2.17. The first-order valence-corrected chi connectivity index (χ1v) is 9.33. The average molecular weight is 353 g/mol.